The van der Waals surface area contributed by atoms with Crippen LogP contribution < -0.4 is 26.6 Å². The number of hydrogen-bond donors (Lipinski definition) is 5. The molecule has 378 valence electrons. The molecule has 5 atom stereocenters. The summed E-state index contributed by atoms with van der Waals surface area (Å²) in [5.41, 5.74) is -3.59. The van der Waals surface area contributed by atoms with E-state index in [-0.39, 0.29) is 70.3 Å². The molecule has 1 saturated carbocycles. The molecule has 0 radical (unpaired) electrons. The summed E-state index contributed by atoms with van der Waals surface area (Å²) in [6.07, 6.45) is -2.70. The first-order valence-corrected chi connectivity index (χ1v) is 24.2. The summed E-state index contributed by atoms with van der Waals surface area (Å²) >= 11 is 12.8. The molecule has 1 aliphatic carbocycles. The fourth-order valence-corrected chi connectivity index (χ4v) is 9.05. The molecule has 2 fully saturated rings. The highest BCUT2D eigenvalue weighted by Crippen LogP contribution is 2.49. The van der Waals surface area contributed by atoms with Crippen molar-refractivity contribution < 1.29 is 46.7 Å². The van der Waals surface area contributed by atoms with Gasteiger partial charge in [0.15, 0.2) is 0 Å². The highest BCUT2D eigenvalue weighted by atomic mass is 35.5. The van der Waals surface area contributed by atoms with Crippen molar-refractivity contribution in [2.45, 2.75) is 166 Å². The number of unbranched alkanes of at least 4 members (excludes halogenated alkanes) is 1. The molecule has 15 nitrogen and oxygen atoms in total. The van der Waals surface area contributed by atoms with Crippen LogP contribution in [0.4, 0.5) is 13.2 Å². The number of likely N-dealkylation sites (N-methyl/N-ethyl adjacent to an activating group) is 2. The van der Waals surface area contributed by atoms with Crippen LogP contribution in [0.5, 0.6) is 0 Å². The van der Waals surface area contributed by atoms with Crippen LogP contribution in [0.15, 0.2) is 18.2 Å². The third kappa shape index (κ3) is 15.9. The van der Waals surface area contributed by atoms with Gasteiger partial charge in [-0.05, 0) is 128 Å². The fourth-order valence-electron chi connectivity index (χ4n) is 8.66. The van der Waals surface area contributed by atoms with E-state index in [0.29, 0.717) is 54.3 Å². The minimum absolute atomic E-state index is 0.0595. The van der Waals surface area contributed by atoms with Crippen LogP contribution >= 0.6 is 23.2 Å². The van der Waals surface area contributed by atoms with Crippen molar-refractivity contribution in [2.24, 2.45) is 11.3 Å². The largest absolute Gasteiger partial charge is 0.403 e. The average molecular weight is 990 g/mol. The number of halogens is 5. The Labute approximate surface area is 404 Å². The van der Waals surface area contributed by atoms with Gasteiger partial charge in [0, 0.05) is 37.1 Å². The molecule has 5 N–H and O–H groups in total. The molecule has 3 rings (SSSR count). The molecule has 20 heteroatoms. The van der Waals surface area contributed by atoms with Crippen LogP contribution in [-0.2, 0) is 40.0 Å². The van der Waals surface area contributed by atoms with E-state index < -0.39 is 88.7 Å². The minimum atomic E-state index is -4.83. The zero-order valence-corrected chi connectivity index (χ0v) is 42.1. The Morgan fingerprint density at radius 1 is 0.925 bits per heavy atom. The fraction of sp³-hybridized carbons (Fsp3) is 0.723. The average Bonchev–Trinajstić information content (AvgIpc) is 3.25. The molecule has 1 heterocycles. The topological polar surface area (TPSA) is 189 Å². The predicted octanol–water partition coefficient (Wildman–Crippen LogP) is 5.54. The van der Waals surface area contributed by atoms with Gasteiger partial charge in [-0.25, -0.2) is 0 Å². The van der Waals surface area contributed by atoms with E-state index in [1.807, 2.05) is 32.8 Å². The van der Waals surface area contributed by atoms with Gasteiger partial charge >= 0.3 is 6.18 Å². The van der Waals surface area contributed by atoms with Crippen molar-refractivity contribution in [2.75, 3.05) is 41.3 Å². The molecule has 1 aliphatic heterocycles. The Balaban J connectivity index is 2.02. The lowest BCUT2D eigenvalue weighted by Gasteiger charge is -2.38. The third-order valence-electron chi connectivity index (χ3n) is 12.8. The van der Waals surface area contributed by atoms with Crippen molar-refractivity contribution in [1.29, 1.82) is 0 Å². The molecular weight excluding hydrogens is 916 g/mol. The number of nitrogens with one attached hydrogen (secondary N) is 5. The lowest BCUT2D eigenvalue weighted by molar-refractivity contribution is -0.230. The molecule has 0 bridgehead atoms. The van der Waals surface area contributed by atoms with Crippen molar-refractivity contribution in [1.82, 2.24) is 41.3 Å². The van der Waals surface area contributed by atoms with Crippen molar-refractivity contribution in [3.63, 3.8) is 0 Å². The summed E-state index contributed by atoms with van der Waals surface area (Å²) in [4.78, 5) is 103. The van der Waals surface area contributed by atoms with E-state index in [9.17, 15) is 46.7 Å². The normalized spacial score (nSPS) is 22.0. The van der Waals surface area contributed by atoms with Crippen LogP contribution in [0, 0.1) is 11.3 Å². The van der Waals surface area contributed by atoms with E-state index in [0.717, 1.165) is 0 Å². The van der Waals surface area contributed by atoms with Crippen molar-refractivity contribution in [3.05, 3.63) is 33.8 Å². The second-order valence-corrected chi connectivity index (χ2v) is 20.2. The molecule has 67 heavy (non-hydrogen) atoms. The quantitative estimate of drug-likeness (QED) is 0.134. The molecule has 2 aliphatic rings. The number of benzene rings is 1. The zero-order valence-electron chi connectivity index (χ0n) is 40.6. The Morgan fingerprint density at radius 2 is 1.58 bits per heavy atom. The Bertz CT molecular complexity index is 1900. The molecule has 1 saturated heterocycles. The van der Waals surface area contributed by atoms with Gasteiger partial charge in [-0.1, -0.05) is 63.2 Å². The zero-order chi connectivity index (χ0) is 50.4. The second-order valence-electron chi connectivity index (χ2n) is 19.4. The van der Waals surface area contributed by atoms with Gasteiger partial charge in [0.1, 0.15) is 41.2 Å². The number of alkyl halides is 3. The smallest absolute Gasteiger partial charge is 0.354 e. The maximum Gasteiger partial charge on any atom is 0.403 e. The van der Waals surface area contributed by atoms with Gasteiger partial charge < -0.3 is 41.3 Å². The van der Waals surface area contributed by atoms with E-state index in [4.69, 9.17) is 23.2 Å². The van der Waals surface area contributed by atoms with Gasteiger partial charge in [-0.2, -0.15) is 13.2 Å². The summed E-state index contributed by atoms with van der Waals surface area (Å²) in [6, 6.07) is -1.53. The number of carbonyl (C=O) groups is 7. The predicted molar refractivity (Wildman–Crippen MR) is 252 cm³/mol. The monoisotopic (exact) mass is 988 g/mol. The molecule has 7 amide bonds. The Hall–Kier alpha value is -4.16. The first-order valence-electron chi connectivity index (χ1n) is 23.5. The molecule has 0 aromatic heterocycles. The maximum absolute atomic E-state index is 14.7. The summed E-state index contributed by atoms with van der Waals surface area (Å²) in [6.45, 7) is 9.15. The van der Waals surface area contributed by atoms with Crippen LogP contribution in [0.25, 0.3) is 0 Å². The third-order valence-corrected chi connectivity index (χ3v) is 13.5. The maximum atomic E-state index is 14.7. The van der Waals surface area contributed by atoms with Crippen molar-refractivity contribution in [3.8, 4) is 0 Å². The first-order chi connectivity index (χ1) is 31.3. The molecular formula is C47H73Cl2F3N8O7. The molecule has 1 aromatic carbocycles. The molecule has 0 unspecified atom stereocenters. The number of amides is 7. The molecule has 0 spiro atoms. The van der Waals surface area contributed by atoms with Gasteiger partial charge in [-0.15, -0.1) is 0 Å². The van der Waals surface area contributed by atoms with E-state index in [1.165, 1.54) is 37.7 Å². The second kappa shape index (κ2) is 25.4. The van der Waals surface area contributed by atoms with Crippen LogP contribution in [-0.4, -0.2) is 139 Å². The van der Waals surface area contributed by atoms with Gasteiger partial charge in [0.05, 0.1) is 0 Å². The summed E-state index contributed by atoms with van der Waals surface area (Å²) in [7, 11) is 6.59. The van der Waals surface area contributed by atoms with Gasteiger partial charge in [-0.3, -0.25) is 33.6 Å². The first kappa shape index (κ1) is 57.2. The summed E-state index contributed by atoms with van der Waals surface area (Å²) < 4.78 is 43.4. The SMILES string of the molecule is CC[C@H](NC(=O)C1(C(F)(F)F)CCCCC1)C(=O)N[C@@H](CCCCN(C)C)C(=O)N(C)[C@H]1CCCCNC(=O)C(C)(C)NC(=O)[C@H](Cc2cc(Cl)ccc2Cl)N(C)C(=O)[C@H](CC(C)C)NC1=O. The van der Waals surface area contributed by atoms with Gasteiger partial charge in [0.25, 0.3) is 0 Å². The Morgan fingerprint density at radius 3 is 2.18 bits per heavy atom. The number of nitrogens with zero attached hydrogens (tertiary/aromatic N) is 3. The van der Waals surface area contributed by atoms with Crippen LogP contribution in [0.3, 0.4) is 0 Å². The highest BCUT2D eigenvalue weighted by molar-refractivity contribution is 6.33. The summed E-state index contributed by atoms with van der Waals surface area (Å²) in [5.74, 6) is -5.37. The number of carbonyl (C=O) groups excluding carboxylic acids is 7. The standard InChI is InChI=1S/C47H73Cl2F3N8O7/c1-10-33(56-44(67)46(47(50,51)52)22-14-11-15-23-46)38(61)54-34(18-13-17-25-58(6)7)41(64)59(8)36-19-12-16-24-53-43(66)45(4,5)57-40(63)37(28-30-27-31(48)20-21-32(30)49)60(9)42(65)35(26-29(2)3)55-39(36)62/h20-21,27,29,33-37H,10-19,22-26,28H2,1-9H3,(H,53,66)(H,54,61)(H,55,62)(H,56,67)(H,57,63)/t33-,34-,35-,36-,37-/m0/s1. The van der Waals surface area contributed by atoms with Crippen LogP contribution in [0.1, 0.15) is 124 Å². The lowest BCUT2D eigenvalue weighted by Crippen LogP contribution is -2.62. The Kier molecular flexibility index (Phi) is 21.7. The van der Waals surface area contributed by atoms with E-state index in [2.05, 4.69) is 26.6 Å². The summed E-state index contributed by atoms with van der Waals surface area (Å²) in [5, 5.41) is 14.2. The lowest BCUT2D eigenvalue weighted by atomic mass is 9.72. The number of hydrogen-bond acceptors (Lipinski definition) is 8. The highest BCUT2D eigenvalue weighted by Gasteiger charge is 2.60. The number of rotatable bonds is 16. The van der Waals surface area contributed by atoms with Crippen LogP contribution in [0.2, 0.25) is 10.0 Å². The molecule has 1 aromatic rings. The van der Waals surface area contributed by atoms with E-state index >= 15 is 0 Å². The van der Waals surface area contributed by atoms with E-state index in [1.54, 1.807) is 25.1 Å². The van der Waals surface area contributed by atoms with Gasteiger partial charge in [0.2, 0.25) is 41.4 Å². The van der Waals surface area contributed by atoms with Crippen molar-refractivity contribution >= 4 is 64.6 Å². The minimum Gasteiger partial charge on any atom is -0.354 e.